The second-order valence-corrected chi connectivity index (χ2v) is 3.96. The molecule has 0 spiro atoms. The molecular formula is C8H14O3S. The van der Waals surface area contributed by atoms with E-state index in [1.54, 1.807) is 0 Å². The van der Waals surface area contributed by atoms with E-state index >= 15 is 0 Å². The molecular weight excluding hydrogens is 176 g/mol. The third kappa shape index (κ3) is 5.18. The maximum atomic E-state index is 10.6. The van der Waals surface area contributed by atoms with Gasteiger partial charge in [-0.1, -0.05) is 31.5 Å². The van der Waals surface area contributed by atoms with Gasteiger partial charge in [0.05, 0.1) is 0 Å². The minimum Gasteiger partial charge on any atom is -0.480 e. The summed E-state index contributed by atoms with van der Waals surface area (Å²) in [4.78, 5) is 21.2. The van der Waals surface area contributed by atoms with E-state index in [1.165, 1.54) is 6.92 Å². The standard InChI is InChI=1S/C8H14O3S/c1-3-4-5-7(8(10)11)12-6(2)9/h7H,3-5H2,1-2H3,(H,10,11). The Morgan fingerprint density at radius 1 is 1.50 bits per heavy atom. The van der Waals surface area contributed by atoms with Crippen LogP contribution in [0.5, 0.6) is 0 Å². The zero-order chi connectivity index (χ0) is 9.56. The minimum absolute atomic E-state index is 0.126. The highest BCUT2D eigenvalue weighted by molar-refractivity contribution is 8.14. The van der Waals surface area contributed by atoms with E-state index in [9.17, 15) is 9.59 Å². The molecule has 1 atom stereocenters. The summed E-state index contributed by atoms with van der Waals surface area (Å²) in [5.74, 6) is -0.886. The first-order chi connectivity index (χ1) is 5.57. The number of carboxylic acid groups (broad SMARTS) is 1. The van der Waals surface area contributed by atoms with Crippen LogP contribution in [0.1, 0.15) is 33.1 Å². The van der Waals surface area contributed by atoms with Crippen molar-refractivity contribution in [3.05, 3.63) is 0 Å². The minimum atomic E-state index is -0.886. The Hall–Kier alpha value is -0.510. The van der Waals surface area contributed by atoms with E-state index in [4.69, 9.17) is 5.11 Å². The van der Waals surface area contributed by atoms with Gasteiger partial charge in [-0.3, -0.25) is 9.59 Å². The van der Waals surface area contributed by atoms with Crippen molar-refractivity contribution in [2.24, 2.45) is 0 Å². The van der Waals surface area contributed by atoms with Gasteiger partial charge < -0.3 is 5.11 Å². The SMILES string of the molecule is CCCCC(SC(C)=O)C(=O)O. The van der Waals surface area contributed by atoms with Crippen molar-refractivity contribution < 1.29 is 14.7 Å². The number of hydrogen-bond donors (Lipinski definition) is 1. The van der Waals surface area contributed by atoms with Crippen molar-refractivity contribution in [1.82, 2.24) is 0 Å². The predicted molar refractivity (Wildman–Crippen MR) is 49.2 cm³/mol. The van der Waals surface area contributed by atoms with Crippen molar-refractivity contribution in [3.8, 4) is 0 Å². The Morgan fingerprint density at radius 2 is 2.08 bits per heavy atom. The summed E-state index contributed by atoms with van der Waals surface area (Å²) < 4.78 is 0. The Kier molecular flexibility index (Phi) is 5.80. The van der Waals surface area contributed by atoms with Gasteiger partial charge in [-0.2, -0.15) is 0 Å². The first-order valence-corrected chi connectivity index (χ1v) is 4.86. The average molecular weight is 190 g/mol. The van der Waals surface area contributed by atoms with Gasteiger partial charge in [0, 0.05) is 6.92 Å². The number of hydrogen-bond acceptors (Lipinski definition) is 3. The molecule has 0 bridgehead atoms. The van der Waals surface area contributed by atoms with E-state index in [-0.39, 0.29) is 5.12 Å². The molecule has 0 saturated carbocycles. The molecule has 0 aliphatic rings. The first-order valence-electron chi connectivity index (χ1n) is 3.98. The molecule has 0 aromatic carbocycles. The summed E-state index contributed by atoms with van der Waals surface area (Å²) in [7, 11) is 0. The van der Waals surface area contributed by atoms with Crippen molar-refractivity contribution in [2.45, 2.75) is 38.4 Å². The normalized spacial score (nSPS) is 12.5. The second kappa shape index (κ2) is 6.06. The van der Waals surface area contributed by atoms with Crippen LogP contribution >= 0.6 is 11.8 Å². The fraction of sp³-hybridized carbons (Fsp3) is 0.750. The Labute approximate surface area is 76.5 Å². The Balaban J connectivity index is 3.87. The van der Waals surface area contributed by atoms with E-state index in [1.807, 2.05) is 6.92 Å². The number of carbonyl (C=O) groups is 2. The van der Waals surface area contributed by atoms with E-state index < -0.39 is 11.2 Å². The number of thioether (sulfide) groups is 1. The fourth-order valence-electron chi connectivity index (χ4n) is 0.823. The van der Waals surface area contributed by atoms with Gasteiger partial charge in [0.25, 0.3) is 0 Å². The van der Waals surface area contributed by atoms with Crippen LogP contribution in [0.2, 0.25) is 0 Å². The van der Waals surface area contributed by atoms with Crippen molar-refractivity contribution >= 4 is 22.8 Å². The molecule has 0 aromatic rings. The van der Waals surface area contributed by atoms with Crippen LogP contribution in [0.25, 0.3) is 0 Å². The maximum absolute atomic E-state index is 10.6. The molecule has 0 saturated heterocycles. The quantitative estimate of drug-likeness (QED) is 0.719. The summed E-state index contributed by atoms with van der Waals surface area (Å²) >= 11 is 0.909. The van der Waals surface area contributed by atoms with Crippen LogP contribution in [0, 0.1) is 0 Å². The molecule has 3 nitrogen and oxygen atoms in total. The number of rotatable bonds is 5. The van der Waals surface area contributed by atoms with E-state index in [2.05, 4.69) is 0 Å². The Morgan fingerprint density at radius 3 is 2.42 bits per heavy atom. The number of aliphatic carboxylic acids is 1. The third-order valence-corrected chi connectivity index (χ3v) is 2.46. The summed E-state index contributed by atoms with van der Waals surface area (Å²) in [6.45, 7) is 3.39. The first kappa shape index (κ1) is 11.5. The van der Waals surface area contributed by atoms with Crippen LogP contribution in [0.4, 0.5) is 0 Å². The smallest absolute Gasteiger partial charge is 0.317 e. The molecule has 0 radical (unpaired) electrons. The molecule has 0 aromatic heterocycles. The predicted octanol–water partition coefficient (Wildman–Crippen LogP) is 1.91. The van der Waals surface area contributed by atoms with Gasteiger partial charge in [-0.15, -0.1) is 0 Å². The lowest BCUT2D eigenvalue weighted by molar-refractivity contribution is -0.136. The van der Waals surface area contributed by atoms with Gasteiger partial charge in [0.15, 0.2) is 5.12 Å². The second-order valence-electron chi connectivity index (χ2n) is 2.58. The molecule has 1 unspecified atom stereocenters. The molecule has 0 amide bonds. The molecule has 0 aliphatic heterocycles. The van der Waals surface area contributed by atoms with Gasteiger partial charge >= 0.3 is 5.97 Å². The highest BCUT2D eigenvalue weighted by Gasteiger charge is 2.18. The highest BCUT2D eigenvalue weighted by atomic mass is 32.2. The number of carboxylic acids is 1. The van der Waals surface area contributed by atoms with Gasteiger partial charge in [0.2, 0.25) is 0 Å². The highest BCUT2D eigenvalue weighted by Crippen LogP contribution is 2.18. The van der Waals surface area contributed by atoms with Crippen LogP contribution < -0.4 is 0 Å². The third-order valence-electron chi connectivity index (χ3n) is 1.40. The molecule has 0 aliphatic carbocycles. The molecule has 0 rings (SSSR count). The van der Waals surface area contributed by atoms with Crippen LogP contribution in [0.3, 0.4) is 0 Å². The fourth-order valence-corrected chi connectivity index (χ4v) is 1.61. The van der Waals surface area contributed by atoms with Crippen molar-refractivity contribution in [1.29, 1.82) is 0 Å². The molecule has 0 heterocycles. The lowest BCUT2D eigenvalue weighted by atomic mass is 10.2. The molecule has 0 fully saturated rings. The maximum Gasteiger partial charge on any atom is 0.317 e. The zero-order valence-corrected chi connectivity index (χ0v) is 8.19. The average Bonchev–Trinajstić information content (AvgIpc) is 1.96. The lowest BCUT2D eigenvalue weighted by Crippen LogP contribution is -2.17. The zero-order valence-electron chi connectivity index (χ0n) is 7.37. The summed E-state index contributed by atoms with van der Waals surface area (Å²) in [6.07, 6.45) is 2.40. The monoisotopic (exact) mass is 190 g/mol. The summed E-state index contributed by atoms with van der Waals surface area (Å²) in [5.41, 5.74) is 0. The van der Waals surface area contributed by atoms with Crippen molar-refractivity contribution in [2.75, 3.05) is 0 Å². The topological polar surface area (TPSA) is 54.4 Å². The van der Waals surface area contributed by atoms with Crippen LogP contribution in [0.15, 0.2) is 0 Å². The summed E-state index contributed by atoms with van der Waals surface area (Å²) in [5, 5.41) is 8.00. The number of carbonyl (C=O) groups excluding carboxylic acids is 1. The lowest BCUT2D eigenvalue weighted by Gasteiger charge is -2.07. The van der Waals surface area contributed by atoms with Gasteiger partial charge in [-0.25, -0.2) is 0 Å². The largest absolute Gasteiger partial charge is 0.480 e. The van der Waals surface area contributed by atoms with E-state index in [0.717, 1.165) is 24.6 Å². The van der Waals surface area contributed by atoms with Crippen LogP contribution in [-0.2, 0) is 9.59 Å². The molecule has 1 N–H and O–H groups in total. The van der Waals surface area contributed by atoms with Crippen molar-refractivity contribution in [3.63, 3.8) is 0 Å². The molecule has 70 valence electrons. The summed E-state index contributed by atoms with van der Waals surface area (Å²) in [6, 6.07) is 0. The molecule has 4 heteroatoms. The number of unbranched alkanes of at least 4 members (excludes halogenated alkanes) is 1. The van der Waals surface area contributed by atoms with E-state index in [0.29, 0.717) is 6.42 Å². The van der Waals surface area contributed by atoms with Gasteiger partial charge in [-0.05, 0) is 6.42 Å². The Bertz CT molecular complexity index is 168. The molecule has 12 heavy (non-hydrogen) atoms. The van der Waals surface area contributed by atoms with Gasteiger partial charge in [0.1, 0.15) is 5.25 Å². The van der Waals surface area contributed by atoms with Crippen LogP contribution in [-0.4, -0.2) is 21.4 Å².